The Morgan fingerprint density at radius 1 is 1.02 bits per heavy atom. The van der Waals surface area contributed by atoms with Gasteiger partial charge in [-0.1, -0.05) is 25.7 Å². The topological polar surface area (TPSA) is 118 Å². The molecule has 1 saturated heterocycles. The van der Waals surface area contributed by atoms with Crippen LogP contribution in [0.1, 0.15) is 98.8 Å². The van der Waals surface area contributed by atoms with Crippen LogP contribution < -0.4 is 19.9 Å². The third kappa shape index (κ3) is 8.58. The lowest BCUT2D eigenvalue weighted by molar-refractivity contribution is -0.133. The average molecular weight is 655 g/mol. The molecule has 1 N–H and O–H groups in total. The van der Waals surface area contributed by atoms with Crippen LogP contribution >= 0.6 is 0 Å². The lowest BCUT2D eigenvalue weighted by atomic mass is 9.87. The van der Waals surface area contributed by atoms with Crippen molar-refractivity contribution < 1.29 is 33.4 Å². The first kappa shape index (κ1) is 35.0. The second kappa shape index (κ2) is 14.4. The van der Waals surface area contributed by atoms with Gasteiger partial charge in [0, 0.05) is 51.1 Å². The summed E-state index contributed by atoms with van der Waals surface area (Å²) in [4.78, 5) is 60.2. The summed E-state index contributed by atoms with van der Waals surface area (Å²) in [5.41, 5.74) is -0.426. The van der Waals surface area contributed by atoms with E-state index < -0.39 is 29.1 Å². The van der Waals surface area contributed by atoms with E-state index in [0.29, 0.717) is 43.1 Å². The molecular formula is C36H54N4O7. The Morgan fingerprint density at radius 2 is 1.70 bits per heavy atom. The Hall–Kier alpha value is -3.34. The van der Waals surface area contributed by atoms with Gasteiger partial charge in [0.15, 0.2) is 5.60 Å². The molecule has 0 radical (unpaired) electrons. The molecule has 0 aromatic heterocycles. The number of hydrogen-bond donors (Lipinski definition) is 1. The van der Waals surface area contributed by atoms with Crippen molar-refractivity contribution in [3.05, 3.63) is 18.2 Å². The highest BCUT2D eigenvalue weighted by atomic mass is 16.6. The van der Waals surface area contributed by atoms with Crippen molar-refractivity contribution in [2.75, 3.05) is 43.2 Å². The Kier molecular flexibility index (Phi) is 10.7. The number of carbonyl (C=O) groups is 4. The fraction of sp³-hybridized carbons (Fsp3) is 0.722. The zero-order valence-electron chi connectivity index (χ0n) is 29.1. The molecule has 2 atom stereocenters. The molecule has 2 saturated carbocycles. The van der Waals surface area contributed by atoms with Crippen LogP contribution in [0.2, 0.25) is 0 Å². The number of rotatable bonds is 9. The smallest absolute Gasteiger partial charge is 0.410 e. The summed E-state index contributed by atoms with van der Waals surface area (Å²) in [5.74, 6) is -0.898. The summed E-state index contributed by atoms with van der Waals surface area (Å²) in [6.07, 6.45) is 8.66. The number of nitrogens with one attached hydrogen (secondary N) is 1. The maximum Gasteiger partial charge on any atom is 0.410 e. The van der Waals surface area contributed by atoms with E-state index in [0.717, 1.165) is 38.5 Å². The number of fused-ring (bicyclic) bond motifs is 1. The fourth-order valence-corrected chi connectivity index (χ4v) is 7.03. The zero-order chi connectivity index (χ0) is 33.9. The Labute approximate surface area is 279 Å². The van der Waals surface area contributed by atoms with Gasteiger partial charge in [0.05, 0.1) is 17.5 Å². The van der Waals surface area contributed by atoms with Crippen molar-refractivity contribution in [1.29, 1.82) is 0 Å². The van der Waals surface area contributed by atoms with E-state index in [-0.39, 0.29) is 42.9 Å². The number of amides is 4. The van der Waals surface area contributed by atoms with Crippen molar-refractivity contribution in [2.24, 2.45) is 11.8 Å². The number of benzene rings is 1. The molecule has 4 aliphatic rings. The van der Waals surface area contributed by atoms with Gasteiger partial charge in [0.1, 0.15) is 11.4 Å². The van der Waals surface area contributed by atoms with Crippen LogP contribution in [-0.4, -0.2) is 85.4 Å². The van der Waals surface area contributed by atoms with Crippen LogP contribution in [0.15, 0.2) is 18.2 Å². The van der Waals surface area contributed by atoms with E-state index >= 15 is 0 Å². The van der Waals surface area contributed by atoms with Gasteiger partial charge in [-0.15, -0.1) is 0 Å². The van der Waals surface area contributed by atoms with Crippen LogP contribution in [0.5, 0.6) is 5.75 Å². The molecule has 1 aromatic rings. The number of nitrogens with zero attached hydrogens (tertiary/aromatic N) is 3. The summed E-state index contributed by atoms with van der Waals surface area (Å²) >= 11 is 0. The van der Waals surface area contributed by atoms with Gasteiger partial charge in [-0.3, -0.25) is 14.4 Å². The predicted octanol–water partition coefficient (Wildman–Crippen LogP) is 5.43. The molecule has 0 spiro atoms. The molecule has 260 valence electrons. The first-order chi connectivity index (χ1) is 22.3. The van der Waals surface area contributed by atoms with Crippen LogP contribution in [0.25, 0.3) is 0 Å². The third-order valence-electron chi connectivity index (χ3n) is 9.54. The summed E-state index contributed by atoms with van der Waals surface area (Å²) in [5, 5.41) is 3.26. The number of carbonyl (C=O) groups excluding carboxylic acids is 4. The quantitative estimate of drug-likeness (QED) is 0.279. The molecule has 2 aliphatic heterocycles. The van der Waals surface area contributed by atoms with Crippen LogP contribution in [-0.2, 0) is 23.9 Å². The van der Waals surface area contributed by atoms with Crippen molar-refractivity contribution in [3.8, 4) is 5.75 Å². The third-order valence-corrected chi connectivity index (χ3v) is 9.54. The van der Waals surface area contributed by atoms with E-state index in [1.54, 1.807) is 30.8 Å². The van der Waals surface area contributed by atoms with Gasteiger partial charge in [-0.25, -0.2) is 4.79 Å². The molecule has 2 aliphatic carbocycles. The second-order valence-corrected chi connectivity index (χ2v) is 15.2. The fourth-order valence-electron chi connectivity index (χ4n) is 7.03. The molecule has 0 unspecified atom stereocenters. The number of likely N-dealkylation sites (tertiary alicyclic amines) is 1. The zero-order valence-corrected chi connectivity index (χ0v) is 29.1. The highest BCUT2D eigenvalue weighted by Gasteiger charge is 2.45. The van der Waals surface area contributed by atoms with E-state index in [4.69, 9.17) is 14.2 Å². The first-order valence-corrected chi connectivity index (χ1v) is 17.5. The summed E-state index contributed by atoms with van der Waals surface area (Å²) < 4.78 is 17.1. The molecule has 5 rings (SSSR count). The van der Waals surface area contributed by atoms with Gasteiger partial charge in [-0.2, -0.15) is 0 Å². The summed E-state index contributed by atoms with van der Waals surface area (Å²) in [6.45, 7) is 10.3. The Balaban J connectivity index is 1.41. The standard InChI is InChI=1S/C36H54N4O7/c1-35(2,3)47-34(44)38-22-24(31(41)37-26-12-9-7-8-10-13-26)20-25(23-38)32(42)40(27-14-15-27)28-16-17-30-29(21-28)39(18-11-19-45-6)33(43)36(4,5)46-30/h16-17,21,24-27H,7-15,18-20,22-23H2,1-6H3,(H,37,41)/t24-,25+/m0/s1. The SMILES string of the molecule is COCCCN1C(=O)C(C)(C)Oc2ccc(N(C(=O)[C@@H]3C[C@H](C(=O)NC4CCCCCC4)CN(C(=O)OC(C)(C)C)C3)C3CC3)cc21. The highest BCUT2D eigenvalue weighted by Crippen LogP contribution is 2.43. The molecule has 2 heterocycles. The van der Waals surface area contributed by atoms with Crippen molar-refractivity contribution in [1.82, 2.24) is 10.2 Å². The minimum Gasteiger partial charge on any atom is -0.476 e. The van der Waals surface area contributed by atoms with Crippen molar-refractivity contribution >= 4 is 35.2 Å². The second-order valence-electron chi connectivity index (χ2n) is 15.2. The Morgan fingerprint density at radius 3 is 2.34 bits per heavy atom. The predicted molar refractivity (Wildman–Crippen MR) is 180 cm³/mol. The number of anilines is 2. The van der Waals surface area contributed by atoms with E-state index in [9.17, 15) is 19.2 Å². The van der Waals surface area contributed by atoms with Crippen LogP contribution in [0.4, 0.5) is 16.2 Å². The van der Waals surface area contributed by atoms with Gasteiger partial charge in [-0.05, 0) is 91.3 Å². The number of methoxy groups -OCH3 is 1. The molecule has 4 amide bonds. The van der Waals surface area contributed by atoms with Gasteiger partial charge in [0.25, 0.3) is 5.91 Å². The normalized spacial score (nSPS) is 23.3. The maximum absolute atomic E-state index is 14.6. The Bertz CT molecular complexity index is 1310. The maximum atomic E-state index is 14.6. The van der Waals surface area contributed by atoms with Gasteiger partial charge >= 0.3 is 6.09 Å². The van der Waals surface area contributed by atoms with Crippen LogP contribution in [0, 0.1) is 11.8 Å². The minimum absolute atomic E-state index is 0.00862. The molecular weight excluding hydrogens is 600 g/mol. The molecule has 11 heteroatoms. The van der Waals surface area contributed by atoms with E-state index in [1.165, 1.54) is 12.8 Å². The molecule has 11 nitrogen and oxygen atoms in total. The first-order valence-electron chi connectivity index (χ1n) is 17.5. The largest absolute Gasteiger partial charge is 0.476 e. The molecule has 47 heavy (non-hydrogen) atoms. The lowest BCUT2D eigenvalue weighted by Gasteiger charge is -2.40. The summed E-state index contributed by atoms with van der Waals surface area (Å²) in [7, 11) is 1.64. The highest BCUT2D eigenvalue weighted by molar-refractivity contribution is 6.04. The monoisotopic (exact) mass is 654 g/mol. The van der Waals surface area contributed by atoms with Gasteiger partial charge < -0.3 is 34.2 Å². The van der Waals surface area contributed by atoms with Crippen LogP contribution in [0.3, 0.4) is 0 Å². The lowest BCUT2D eigenvalue weighted by Crippen LogP contribution is -2.54. The number of piperidine rings is 1. The molecule has 1 aromatic carbocycles. The molecule has 3 fully saturated rings. The minimum atomic E-state index is -1.02. The number of ether oxygens (including phenoxy) is 3. The van der Waals surface area contributed by atoms with E-state index in [2.05, 4.69) is 5.32 Å². The summed E-state index contributed by atoms with van der Waals surface area (Å²) in [6, 6.07) is 5.71. The molecule has 0 bridgehead atoms. The average Bonchev–Trinajstić information content (AvgIpc) is 3.87. The van der Waals surface area contributed by atoms with Crippen molar-refractivity contribution in [3.63, 3.8) is 0 Å². The van der Waals surface area contributed by atoms with Crippen molar-refractivity contribution in [2.45, 2.75) is 122 Å². The van der Waals surface area contributed by atoms with E-state index in [1.807, 2.05) is 43.9 Å². The van der Waals surface area contributed by atoms with Gasteiger partial charge in [0.2, 0.25) is 11.8 Å². The number of hydrogen-bond acceptors (Lipinski definition) is 7.